The van der Waals surface area contributed by atoms with E-state index >= 15 is 0 Å². The predicted octanol–water partition coefficient (Wildman–Crippen LogP) is 5.28. The molecule has 8 nitrogen and oxygen atoms in total. The molecule has 0 saturated carbocycles. The lowest BCUT2D eigenvalue weighted by Crippen LogP contribution is -2.29. The molecule has 1 atom stereocenters. The van der Waals surface area contributed by atoms with Crippen molar-refractivity contribution < 1.29 is 29.4 Å². The van der Waals surface area contributed by atoms with Crippen LogP contribution in [0, 0.1) is 5.41 Å². The van der Waals surface area contributed by atoms with Gasteiger partial charge in [0.2, 0.25) is 0 Å². The van der Waals surface area contributed by atoms with E-state index in [1.54, 1.807) is 47.6 Å². The summed E-state index contributed by atoms with van der Waals surface area (Å²) in [4.78, 5) is 25.0. The van der Waals surface area contributed by atoms with Gasteiger partial charge in [-0.2, -0.15) is 0 Å². The van der Waals surface area contributed by atoms with Crippen molar-refractivity contribution in [3.05, 3.63) is 60.2 Å². The molecule has 0 aliphatic rings. The van der Waals surface area contributed by atoms with Gasteiger partial charge in [0, 0.05) is 22.1 Å². The standard InChI is InChI=1S/C24H30N2O6S/c1-24(2,14-6-5-7-21(28)26-30)22(16-8-13-20(31-3)19(27)15-16)32-23(29)25-17-9-11-18(33-4)12-10-17/h5,7-13,15,22,27,30H,6,14H2,1-4H3,(H,25,29)(H,26,28)/b7-5+/t22-/m0/s1. The van der Waals surface area contributed by atoms with E-state index in [-0.39, 0.29) is 5.75 Å². The van der Waals surface area contributed by atoms with Crippen molar-refractivity contribution in [2.24, 2.45) is 5.41 Å². The Bertz CT molecular complexity index is 975. The molecule has 0 saturated heterocycles. The minimum atomic E-state index is -0.708. The topological polar surface area (TPSA) is 117 Å². The Labute approximate surface area is 197 Å². The first-order valence-electron chi connectivity index (χ1n) is 10.3. The van der Waals surface area contributed by atoms with Gasteiger partial charge < -0.3 is 14.6 Å². The van der Waals surface area contributed by atoms with Crippen molar-refractivity contribution >= 4 is 29.4 Å². The van der Waals surface area contributed by atoms with E-state index in [0.29, 0.717) is 29.8 Å². The molecule has 0 fully saturated rings. The molecule has 0 aliphatic heterocycles. The van der Waals surface area contributed by atoms with Gasteiger partial charge in [0.15, 0.2) is 11.5 Å². The van der Waals surface area contributed by atoms with Crippen LogP contribution in [0.3, 0.4) is 0 Å². The number of methoxy groups -OCH3 is 1. The lowest BCUT2D eigenvalue weighted by molar-refractivity contribution is -0.124. The molecule has 0 aliphatic carbocycles. The highest BCUT2D eigenvalue weighted by molar-refractivity contribution is 7.98. The van der Waals surface area contributed by atoms with Crippen molar-refractivity contribution in [2.45, 2.75) is 37.7 Å². The number of thioether (sulfide) groups is 1. The van der Waals surface area contributed by atoms with Gasteiger partial charge in [0.25, 0.3) is 5.91 Å². The average Bonchev–Trinajstić information content (AvgIpc) is 2.80. The fraction of sp³-hybridized carbons (Fsp3) is 0.333. The zero-order valence-electron chi connectivity index (χ0n) is 19.1. The second-order valence-corrected chi connectivity index (χ2v) is 8.86. The van der Waals surface area contributed by atoms with Crippen molar-refractivity contribution in [1.29, 1.82) is 0 Å². The Balaban J connectivity index is 2.23. The number of allylic oxidation sites excluding steroid dienone is 1. The maximum atomic E-state index is 12.7. The normalized spacial score (nSPS) is 12.3. The smallest absolute Gasteiger partial charge is 0.412 e. The largest absolute Gasteiger partial charge is 0.504 e. The maximum Gasteiger partial charge on any atom is 0.412 e. The van der Waals surface area contributed by atoms with Crippen LogP contribution in [-0.2, 0) is 9.53 Å². The molecular formula is C24H30N2O6S. The molecule has 0 aromatic heterocycles. The van der Waals surface area contributed by atoms with E-state index in [9.17, 15) is 14.7 Å². The lowest BCUT2D eigenvalue weighted by Gasteiger charge is -2.34. The summed E-state index contributed by atoms with van der Waals surface area (Å²) in [6, 6.07) is 12.3. The molecule has 2 aromatic carbocycles. The lowest BCUT2D eigenvalue weighted by atomic mass is 9.78. The Morgan fingerprint density at radius 2 is 1.88 bits per heavy atom. The average molecular weight is 475 g/mol. The van der Waals surface area contributed by atoms with E-state index in [1.807, 2.05) is 32.2 Å². The van der Waals surface area contributed by atoms with Crippen molar-refractivity contribution in [3.63, 3.8) is 0 Å². The van der Waals surface area contributed by atoms with E-state index in [2.05, 4.69) is 5.32 Å². The number of amides is 2. The first-order chi connectivity index (χ1) is 15.7. The van der Waals surface area contributed by atoms with Gasteiger partial charge in [0.05, 0.1) is 7.11 Å². The molecule has 0 bridgehead atoms. The van der Waals surface area contributed by atoms with Crippen LogP contribution in [0.1, 0.15) is 38.4 Å². The number of ether oxygens (including phenoxy) is 2. The highest BCUT2D eigenvalue weighted by Gasteiger charge is 2.34. The number of benzene rings is 2. The molecule has 0 unspecified atom stereocenters. The van der Waals surface area contributed by atoms with Crippen LogP contribution in [0.5, 0.6) is 11.5 Å². The van der Waals surface area contributed by atoms with Gasteiger partial charge >= 0.3 is 6.09 Å². The number of hydroxylamine groups is 1. The number of nitrogens with one attached hydrogen (secondary N) is 2. The van der Waals surface area contributed by atoms with Gasteiger partial charge in [-0.3, -0.25) is 15.3 Å². The monoisotopic (exact) mass is 474 g/mol. The summed E-state index contributed by atoms with van der Waals surface area (Å²) in [5.74, 6) is -0.369. The van der Waals surface area contributed by atoms with E-state index in [4.69, 9.17) is 14.7 Å². The van der Waals surface area contributed by atoms with Crippen LogP contribution < -0.4 is 15.5 Å². The van der Waals surface area contributed by atoms with Crippen LogP contribution in [0.2, 0.25) is 0 Å². The Kier molecular flexibility index (Phi) is 9.62. The van der Waals surface area contributed by atoms with Gasteiger partial charge in [0.1, 0.15) is 6.10 Å². The van der Waals surface area contributed by atoms with Crippen LogP contribution in [-0.4, -0.2) is 35.7 Å². The van der Waals surface area contributed by atoms with Crippen molar-refractivity contribution in [1.82, 2.24) is 5.48 Å². The molecule has 0 heterocycles. The number of phenols is 1. The molecular weight excluding hydrogens is 444 g/mol. The molecule has 4 N–H and O–H groups in total. The summed E-state index contributed by atoms with van der Waals surface area (Å²) >= 11 is 1.60. The number of carbonyl (C=O) groups is 2. The summed E-state index contributed by atoms with van der Waals surface area (Å²) in [6.07, 6.45) is 4.55. The minimum Gasteiger partial charge on any atom is -0.504 e. The van der Waals surface area contributed by atoms with Crippen molar-refractivity contribution in [3.8, 4) is 11.5 Å². The van der Waals surface area contributed by atoms with Gasteiger partial charge in [-0.1, -0.05) is 26.0 Å². The Hall–Kier alpha value is -3.17. The number of rotatable bonds is 10. The third-order valence-corrected chi connectivity index (χ3v) is 5.86. The number of hydrogen-bond acceptors (Lipinski definition) is 7. The fourth-order valence-electron chi connectivity index (χ4n) is 3.29. The minimum absolute atomic E-state index is 0.0630. The Morgan fingerprint density at radius 3 is 2.45 bits per heavy atom. The third-order valence-electron chi connectivity index (χ3n) is 5.11. The van der Waals surface area contributed by atoms with E-state index < -0.39 is 23.5 Å². The Morgan fingerprint density at radius 1 is 1.18 bits per heavy atom. The zero-order valence-corrected chi connectivity index (χ0v) is 19.9. The fourth-order valence-corrected chi connectivity index (χ4v) is 3.70. The first-order valence-corrected chi connectivity index (χ1v) is 11.5. The quantitative estimate of drug-likeness (QED) is 0.160. The van der Waals surface area contributed by atoms with Gasteiger partial charge in [-0.05, 0) is 61.1 Å². The molecule has 178 valence electrons. The first kappa shape index (κ1) is 26.1. The molecule has 2 aromatic rings. The summed E-state index contributed by atoms with van der Waals surface area (Å²) < 4.78 is 11.0. The van der Waals surface area contributed by atoms with E-state index in [1.165, 1.54) is 19.3 Å². The number of carbonyl (C=O) groups excluding carboxylic acids is 2. The van der Waals surface area contributed by atoms with Crippen LogP contribution in [0.25, 0.3) is 0 Å². The number of aromatic hydroxyl groups is 1. The molecule has 9 heteroatoms. The maximum absolute atomic E-state index is 12.7. The number of anilines is 1. The SMILES string of the molecule is COc1ccc([C@H](OC(=O)Nc2ccc(SC)cc2)C(C)(C)CC/C=C/C(=O)NO)cc1O. The third kappa shape index (κ3) is 7.73. The number of phenolic OH excluding ortho intramolecular Hbond substituents is 1. The zero-order chi connectivity index (χ0) is 24.4. The second-order valence-electron chi connectivity index (χ2n) is 7.98. The summed E-state index contributed by atoms with van der Waals surface area (Å²) in [7, 11) is 1.46. The van der Waals surface area contributed by atoms with Gasteiger partial charge in [-0.25, -0.2) is 10.3 Å². The summed E-state index contributed by atoms with van der Waals surface area (Å²) in [5.41, 5.74) is 2.17. The van der Waals surface area contributed by atoms with Crippen LogP contribution >= 0.6 is 11.8 Å². The number of hydrogen-bond donors (Lipinski definition) is 4. The molecule has 2 rings (SSSR count). The highest BCUT2D eigenvalue weighted by Crippen LogP contribution is 2.42. The van der Waals surface area contributed by atoms with Crippen molar-refractivity contribution in [2.75, 3.05) is 18.7 Å². The summed E-state index contributed by atoms with van der Waals surface area (Å²) in [6.45, 7) is 3.86. The van der Waals surface area contributed by atoms with Gasteiger partial charge in [-0.15, -0.1) is 11.8 Å². The van der Waals surface area contributed by atoms with E-state index in [0.717, 1.165) is 4.90 Å². The van der Waals surface area contributed by atoms with Crippen LogP contribution in [0.15, 0.2) is 59.5 Å². The highest BCUT2D eigenvalue weighted by atomic mass is 32.2. The predicted molar refractivity (Wildman–Crippen MR) is 128 cm³/mol. The molecule has 33 heavy (non-hydrogen) atoms. The summed E-state index contributed by atoms with van der Waals surface area (Å²) in [5, 5.41) is 21.6. The second kappa shape index (κ2) is 12.2. The molecule has 2 amide bonds. The molecule has 0 spiro atoms. The molecule has 0 radical (unpaired) electrons. The van der Waals surface area contributed by atoms with Crippen LogP contribution in [0.4, 0.5) is 10.5 Å².